The summed E-state index contributed by atoms with van der Waals surface area (Å²) in [5.74, 6) is 0.246. The van der Waals surface area contributed by atoms with E-state index in [0.717, 1.165) is 32.5 Å². The molecular formula is C22H27ClN2O2. The van der Waals surface area contributed by atoms with Crippen molar-refractivity contribution in [2.75, 3.05) is 26.2 Å². The van der Waals surface area contributed by atoms with Crippen molar-refractivity contribution in [1.82, 2.24) is 10.2 Å². The number of fused-ring (bicyclic) bond motifs is 1. The number of carbonyl (C=O) groups excluding carboxylic acids is 1. The Kier molecular flexibility index (Phi) is 6.53. The molecule has 0 spiro atoms. The molecule has 0 unspecified atom stereocenters. The standard InChI is InChI=1S/C22H26N2O2.ClH/c25-21-15-24(22(26)13-16-7-10-23-11-8-16)12-9-20(21)19-6-5-17-3-1-2-4-18(17)14-19;/h1-7,14,20-21,23,25H,8-13,15H2;1H/t20-,21+;/m0./s1. The Balaban J connectivity index is 0.00000210. The molecule has 5 heteroatoms. The number of benzene rings is 2. The van der Waals surface area contributed by atoms with Crippen LogP contribution in [0.25, 0.3) is 10.8 Å². The van der Waals surface area contributed by atoms with Gasteiger partial charge in [0.05, 0.1) is 6.10 Å². The first-order valence-electron chi connectivity index (χ1n) is 9.54. The van der Waals surface area contributed by atoms with Gasteiger partial charge in [-0.15, -0.1) is 12.4 Å². The fraction of sp³-hybridized carbons (Fsp3) is 0.409. The summed E-state index contributed by atoms with van der Waals surface area (Å²) in [5, 5.41) is 16.4. The van der Waals surface area contributed by atoms with Gasteiger partial charge < -0.3 is 15.3 Å². The van der Waals surface area contributed by atoms with Gasteiger partial charge in [-0.25, -0.2) is 0 Å². The molecule has 2 atom stereocenters. The van der Waals surface area contributed by atoms with Crippen molar-refractivity contribution in [2.45, 2.75) is 31.3 Å². The van der Waals surface area contributed by atoms with Crippen LogP contribution < -0.4 is 5.32 Å². The molecular weight excluding hydrogens is 360 g/mol. The number of nitrogens with one attached hydrogen (secondary N) is 1. The third kappa shape index (κ3) is 4.52. The first kappa shape index (κ1) is 19.9. The maximum Gasteiger partial charge on any atom is 0.226 e. The largest absolute Gasteiger partial charge is 0.391 e. The highest BCUT2D eigenvalue weighted by Gasteiger charge is 2.31. The molecule has 2 aliphatic rings. The minimum atomic E-state index is -0.504. The van der Waals surface area contributed by atoms with Crippen LogP contribution in [0.3, 0.4) is 0 Å². The van der Waals surface area contributed by atoms with Crippen LogP contribution in [0.1, 0.15) is 30.7 Å². The first-order chi connectivity index (χ1) is 12.7. The smallest absolute Gasteiger partial charge is 0.226 e. The average molecular weight is 387 g/mol. The number of amides is 1. The second-order valence-corrected chi connectivity index (χ2v) is 7.40. The minimum Gasteiger partial charge on any atom is -0.391 e. The SMILES string of the molecule is Cl.O=C(CC1=CCNCC1)N1CC[C@@H](c2ccc3ccccc3c2)[C@H](O)C1. The zero-order valence-electron chi connectivity index (χ0n) is 15.4. The Morgan fingerprint density at radius 2 is 2.00 bits per heavy atom. The zero-order valence-corrected chi connectivity index (χ0v) is 16.3. The van der Waals surface area contributed by atoms with Crippen LogP contribution in [-0.2, 0) is 4.79 Å². The van der Waals surface area contributed by atoms with Crippen molar-refractivity contribution >= 4 is 29.1 Å². The van der Waals surface area contributed by atoms with Crippen LogP contribution in [0, 0.1) is 0 Å². The normalized spacial score (nSPS) is 22.9. The number of halogens is 1. The summed E-state index contributed by atoms with van der Waals surface area (Å²) in [7, 11) is 0. The number of β-amino-alcohol motifs (C(OH)–C–C–N with tert-alkyl or cyclic N) is 1. The number of hydrogen-bond acceptors (Lipinski definition) is 3. The molecule has 2 aliphatic heterocycles. The van der Waals surface area contributed by atoms with E-state index in [1.807, 2.05) is 17.0 Å². The van der Waals surface area contributed by atoms with E-state index in [4.69, 9.17) is 0 Å². The van der Waals surface area contributed by atoms with E-state index >= 15 is 0 Å². The molecule has 0 aliphatic carbocycles. The van der Waals surface area contributed by atoms with Crippen molar-refractivity contribution in [3.05, 3.63) is 59.7 Å². The number of aliphatic hydroxyl groups excluding tert-OH is 1. The Bertz CT molecular complexity index is 836. The van der Waals surface area contributed by atoms with Gasteiger partial charge in [0.25, 0.3) is 0 Å². The molecule has 1 amide bonds. The molecule has 0 saturated carbocycles. The number of aliphatic hydroxyl groups is 1. The molecule has 144 valence electrons. The van der Waals surface area contributed by atoms with E-state index in [0.29, 0.717) is 13.0 Å². The lowest BCUT2D eigenvalue weighted by Crippen LogP contribution is -2.45. The number of likely N-dealkylation sites (tertiary alicyclic amines) is 1. The molecule has 2 aromatic rings. The second-order valence-electron chi connectivity index (χ2n) is 7.40. The monoisotopic (exact) mass is 386 g/mol. The van der Waals surface area contributed by atoms with Gasteiger partial charge in [-0.3, -0.25) is 4.79 Å². The lowest BCUT2D eigenvalue weighted by molar-refractivity contribution is -0.134. The van der Waals surface area contributed by atoms with Crippen LogP contribution in [-0.4, -0.2) is 48.2 Å². The predicted octanol–water partition coefficient (Wildman–Crippen LogP) is 3.25. The lowest BCUT2D eigenvalue weighted by Gasteiger charge is -2.36. The van der Waals surface area contributed by atoms with Gasteiger partial charge in [-0.2, -0.15) is 0 Å². The van der Waals surface area contributed by atoms with Crippen molar-refractivity contribution in [3.63, 3.8) is 0 Å². The van der Waals surface area contributed by atoms with Crippen molar-refractivity contribution in [3.8, 4) is 0 Å². The summed E-state index contributed by atoms with van der Waals surface area (Å²) in [5.41, 5.74) is 2.39. The van der Waals surface area contributed by atoms with Gasteiger partial charge in [-0.1, -0.05) is 54.1 Å². The molecule has 1 fully saturated rings. The Morgan fingerprint density at radius 3 is 2.74 bits per heavy atom. The summed E-state index contributed by atoms with van der Waals surface area (Å²) in [6.45, 7) is 2.96. The predicted molar refractivity (Wildman–Crippen MR) is 111 cm³/mol. The van der Waals surface area contributed by atoms with E-state index in [9.17, 15) is 9.90 Å². The molecule has 0 radical (unpaired) electrons. The maximum atomic E-state index is 12.6. The van der Waals surface area contributed by atoms with Crippen LogP contribution in [0.15, 0.2) is 54.1 Å². The second kappa shape index (κ2) is 8.87. The molecule has 27 heavy (non-hydrogen) atoms. The number of piperidine rings is 1. The van der Waals surface area contributed by atoms with Gasteiger partial charge >= 0.3 is 0 Å². The molecule has 0 bridgehead atoms. The van der Waals surface area contributed by atoms with Crippen molar-refractivity contribution in [1.29, 1.82) is 0 Å². The highest BCUT2D eigenvalue weighted by molar-refractivity contribution is 5.85. The van der Waals surface area contributed by atoms with Gasteiger partial charge in [0, 0.05) is 32.0 Å². The average Bonchev–Trinajstić information content (AvgIpc) is 2.68. The van der Waals surface area contributed by atoms with E-state index in [-0.39, 0.29) is 24.2 Å². The van der Waals surface area contributed by atoms with E-state index in [1.54, 1.807) is 0 Å². The highest BCUT2D eigenvalue weighted by atomic mass is 35.5. The highest BCUT2D eigenvalue weighted by Crippen LogP contribution is 2.31. The van der Waals surface area contributed by atoms with Gasteiger partial charge in [0.1, 0.15) is 0 Å². The Labute approximate surface area is 166 Å². The maximum absolute atomic E-state index is 12.6. The van der Waals surface area contributed by atoms with E-state index < -0.39 is 6.10 Å². The van der Waals surface area contributed by atoms with Gasteiger partial charge in [-0.05, 0) is 35.7 Å². The van der Waals surface area contributed by atoms with Crippen LogP contribution >= 0.6 is 12.4 Å². The number of hydrogen-bond donors (Lipinski definition) is 2. The number of carbonyl (C=O) groups is 1. The van der Waals surface area contributed by atoms with E-state index in [2.05, 4.69) is 41.7 Å². The topological polar surface area (TPSA) is 52.6 Å². The van der Waals surface area contributed by atoms with E-state index in [1.165, 1.54) is 21.9 Å². The number of rotatable bonds is 3. The molecule has 2 N–H and O–H groups in total. The Morgan fingerprint density at radius 1 is 1.19 bits per heavy atom. The molecule has 0 aromatic heterocycles. The van der Waals surface area contributed by atoms with Crippen LogP contribution in [0.4, 0.5) is 0 Å². The summed E-state index contributed by atoms with van der Waals surface area (Å²) in [6, 6.07) is 14.7. The number of nitrogens with zero attached hydrogens (tertiary/aromatic N) is 1. The molecule has 4 nitrogen and oxygen atoms in total. The fourth-order valence-corrected chi connectivity index (χ4v) is 4.12. The summed E-state index contributed by atoms with van der Waals surface area (Å²) in [6.07, 6.45) is 3.87. The molecule has 2 aromatic carbocycles. The zero-order chi connectivity index (χ0) is 17.9. The summed E-state index contributed by atoms with van der Waals surface area (Å²) < 4.78 is 0. The van der Waals surface area contributed by atoms with Crippen molar-refractivity contribution < 1.29 is 9.90 Å². The first-order valence-corrected chi connectivity index (χ1v) is 9.54. The van der Waals surface area contributed by atoms with Gasteiger partial charge in [0.15, 0.2) is 0 Å². The molecule has 4 rings (SSSR count). The van der Waals surface area contributed by atoms with Crippen LogP contribution in [0.5, 0.6) is 0 Å². The fourth-order valence-electron chi connectivity index (χ4n) is 4.12. The molecule has 1 saturated heterocycles. The van der Waals surface area contributed by atoms with Gasteiger partial charge in [0.2, 0.25) is 5.91 Å². The minimum absolute atomic E-state index is 0. The third-order valence-corrected chi connectivity index (χ3v) is 5.67. The summed E-state index contributed by atoms with van der Waals surface area (Å²) >= 11 is 0. The quantitative estimate of drug-likeness (QED) is 0.796. The molecule has 2 heterocycles. The lowest BCUT2D eigenvalue weighted by atomic mass is 9.86. The summed E-state index contributed by atoms with van der Waals surface area (Å²) in [4.78, 5) is 14.4. The van der Waals surface area contributed by atoms with Crippen LogP contribution in [0.2, 0.25) is 0 Å². The van der Waals surface area contributed by atoms with Crippen molar-refractivity contribution in [2.24, 2.45) is 0 Å². The Hall–Kier alpha value is -1.88. The third-order valence-electron chi connectivity index (χ3n) is 5.67.